The van der Waals surface area contributed by atoms with E-state index in [2.05, 4.69) is 11.1 Å². The average Bonchev–Trinajstić information content (AvgIpc) is 2.79. The largest absolute Gasteiger partial charge is 0.305 e. The minimum atomic E-state index is -0.274. The van der Waals surface area contributed by atoms with Crippen LogP contribution in [-0.4, -0.2) is 21.9 Å². The van der Waals surface area contributed by atoms with Gasteiger partial charge in [0.15, 0.2) is 0 Å². The highest BCUT2D eigenvalue weighted by molar-refractivity contribution is 6.15. The Morgan fingerprint density at radius 2 is 1.91 bits per heavy atom. The van der Waals surface area contributed by atoms with Crippen molar-refractivity contribution in [2.75, 3.05) is 4.90 Å². The second-order valence-electron chi connectivity index (χ2n) is 8.58. The summed E-state index contributed by atoms with van der Waals surface area (Å²) in [5, 5.41) is 0.827. The second-order valence-corrected chi connectivity index (χ2v) is 8.58. The summed E-state index contributed by atoms with van der Waals surface area (Å²) in [5.41, 5.74) is 6.51. The zero-order chi connectivity index (χ0) is 22.4. The van der Waals surface area contributed by atoms with Gasteiger partial charge in [-0.1, -0.05) is 17.7 Å². The zero-order valence-electron chi connectivity index (χ0n) is 18.4. The van der Waals surface area contributed by atoms with Crippen LogP contribution in [0.15, 0.2) is 60.8 Å². The standard InChI is InChI=1S/C27H24FN3O/c1-16-12-17(2)26-21(13-16)22(15-24(30-26)23-6-4-5-11-29-23)27(32)31-18(3)7-8-19-14-20(28)9-10-25(19)31/h4-6,9-15,18H,7-8H2,1-3H3/t18-/m1/s1. The Morgan fingerprint density at radius 1 is 1.06 bits per heavy atom. The maximum absolute atomic E-state index is 14.1. The number of pyridine rings is 2. The van der Waals surface area contributed by atoms with Crippen molar-refractivity contribution in [2.45, 2.75) is 39.7 Å². The molecular formula is C27H24FN3O. The predicted molar refractivity (Wildman–Crippen MR) is 125 cm³/mol. The third-order valence-corrected chi connectivity index (χ3v) is 6.20. The Balaban J connectivity index is 1.74. The molecule has 160 valence electrons. The van der Waals surface area contributed by atoms with Gasteiger partial charge in [-0.2, -0.15) is 0 Å². The van der Waals surface area contributed by atoms with Gasteiger partial charge in [0, 0.05) is 23.3 Å². The Hall–Kier alpha value is -3.60. The van der Waals surface area contributed by atoms with Crippen molar-refractivity contribution in [3.63, 3.8) is 0 Å². The van der Waals surface area contributed by atoms with Crippen molar-refractivity contribution in [2.24, 2.45) is 0 Å². The number of hydrogen-bond acceptors (Lipinski definition) is 3. The second kappa shape index (κ2) is 7.83. The van der Waals surface area contributed by atoms with Crippen LogP contribution in [0.25, 0.3) is 22.3 Å². The number of benzene rings is 2. The normalized spacial score (nSPS) is 15.6. The van der Waals surface area contributed by atoms with E-state index in [0.29, 0.717) is 11.3 Å². The quantitative estimate of drug-likeness (QED) is 0.394. The molecule has 0 radical (unpaired) electrons. The van der Waals surface area contributed by atoms with Crippen LogP contribution < -0.4 is 4.90 Å². The molecule has 0 bridgehead atoms. The van der Waals surface area contributed by atoms with Crippen molar-refractivity contribution in [3.8, 4) is 11.4 Å². The van der Waals surface area contributed by atoms with E-state index in [1.165, 1.54) is 6.07 Å². The number of anilines is 1. The number of hydrogen-bond donors (Lipinski definition) is 0. The van der Waals surface area contributed by atoms with Crippen LogP contribution in [0.1, 0.15) is 40.4 Å². The van der Waals surface area contributed by atoms with Crippen LogP contribution in [-0.2, 0) is 6.42 Å². The number of carbonyl (C=O) groups is 1. The number of aryl methyl sites for hydroxylation is 3. The van der Waals surface area contributed by atoms with Gasteiger partial charge in [0.1, 0.15) is 5.82 Å². The Morgan fingerprint density at radius 3 is 2.69 bits per heavy atom. The molecule has 0 spiro atoms. The number of amides is 1. The van der Waals surface area contributed by atoms with Gasteiger partial charge in [-0.05, 0) is 87.2 Å². The molecule has 0 saturated carbocycles. The molecule has 4 aromatic rings. The maximum Gasteiger partial charge on any atom is 0.259 e. The van der Waals surface area contributed by atoms with Gasteiger partial charge in [-0.25, -0.2) is 9.37 Å². The molecule has 1 amide bonds. The maximum atomic E-state index is 14.1. The molecule has 2 aromatic heterocycles. The average molecular weight is 426 g/mol. The molecule has 1 aliphatic heterocycles. The Labute approximate surface area is 186 Å². The van der Waals surface area contributed by atoms with Gasteiger partial charge in [0.25, 0.3) is 5.91 Å². The highest BCUT2D eigenvalue weighted by Gasteiger charge is 2.31. The van der Waals surface area contributed by atoms with Gasteiger partial charge in [-0.15, -0.1) is 0 Å². The van der Waals surface area contributed by atoms with Crippen LogP contribution >= 0.6 is 0 Å². The van der Waals surface area contributed by atoms with Crippen LogP contribution in [0, 0.1) is 19.7 Å². The highest BCUT2D eigenvalue weighted by atomic mass is 19.1. The van der Waals surface area contributed by atoms with Crippen LogP contribution in [0.3, 0.4) is 0 Å². The van der Waals surface area contributed by atoms with E-state index < -0.39 is 0 Å². The number of carbonyl (C=O) groups excluding carboxylic acids is 1. The third-order valence-electron chi connectivity index (χ3n) is 6.20. The van der Waals surface area contributed by atoms with Gasteiger partial charge in [0.05, 0.1) is 22.5 Å². The zero-order valence-corrected chi connectivity index (χ0v) is 18.4. The van der Waals surface area contributed by atoms with E-state index >= 15 is 0 Å². The molecule has 1 aliphatic rings. The summed E-state index contributed by atoms with van der Waals surface area (Å²) in [6.45, 7) is 6.08. The van der Waals surface area contributed by atoms with Crippen LogP contribution in [0.4, 0.5) is 10.1 Å². The van der Waals surface area contributed by atoms with Crippen molar-refractivity contribution in [1.82, 2.24) is 9.97 Å². The topological polar surface area (TPSA) is 46.1 Å². The summed E-state index contributed by atoms with van der Waals surface area (Å²) in [4.78, 5) is 25.2. The summed E-state index contributed by atoms with van der Waals surface area (Å²) < 4.78 is 13.9. The lowest BCUT2D eigenvalue weighted by atomic mass is 9.94. The first kappa shape index (κ1) is 20.3. The van der Waals surface area contributed by atoms with Crippen molar-refractivity contribution in [3.05, 3.63) is 88.9 Å². The van der Waals surface area contributed by atoms with Gasteiger partial charge in [-0.3, -0.25) is 9.78 Å². The van der Waals surface area contributed by atoms with Crippen molar-refractivity contribution >= 4 is 22.5 Å². The minimum Gasteiger partial charge on any atom is -0.305 e. The number of nitrogens with zero attached hydrogens (tertiary/aromatic N) is 3. The lowest BCUT2D eigenvalue weighted by molar-refractivity contribution is 0.0976. The van der Waals surface area contributed by atoms with E-state index in [0.717, 1.165) is 51.8 Å². The van der Waals surface area contributed by atoms with Crippen LogP contribution in [0.2, 0.25) is 0 Å². The van der Waals surface area contributed by atoms with Gasteiger partial charge < -0.3 is 4.90 Å². The molecule has 0 saturated heterocycles. The summed E-state index contributed by atoms with van der Waals surface area (Å²) >= 11 is 0. The Kier molecular flexibility index (Phi) is 4.97. The molecular weight excluding hydrogens is 401 g/mol. The third kappa shape index (κ3) is 3.44. The number of aromatic nitrogens is 2. The lowest BCUT2D eigenvalue weighted by Crippen LogP contribution is -2.42. The van der Waals surface area contributed by atoms with Crippen molar-refractivity contribution in [1.29, 1.82) is 0 Å². The monoisotopic (exact) mass is 425 g/mol. The summed E-state index contributed by atoms with van der Waals surface area (Å²) in [7, 11) is 0. The fourth-order valence-corrected chi connectivity index (χ4v) is 4.66. The first-order valence-electron chi connectivity index (χ1n) is 10.9. The predicted octanol–water partition coefficient (Wildman–Crippen LogP) is 6.03. The lowest BCUT2D eigenvalue weighted by Gasteiger charge is -2.35. The number of rotatable bonds is 2. The van der Waals surface area contributed by atoms with E-state index in [1.54, 1.807) is 18.3 Å². The SMILES string of the molecule is Cc1cc(C)c2nc(-c3ccccn3)cc(C(=O)N3c4ccc(F)cc4CC[C@H]3C)c2c1. The number of fused-ring (bicyclic) bond motifs is 2. The first-order chi connectivity index (χ1) is 15.4. The molecule has 1 atom stereocenters. The van der Waals surface area contributed by atoms with E-state index in [1.807, 2.05) is 56.0 Å². The molecule has 0 unspecified atom stereocenters. The van der Waals surface area contributed by atoms with Crippen LogP contribution in [0.5, 0.6) is 0 Å². The minimum absolute atomic E-state index is 0.00730. The molecule has 5 rings (SSSR count). The smallest absolute Gasteiger partial charge is 0.259 e. The molecule has 4 nitrogen and oxygen atoms in total. The first-order valence-corrected chi connectivity index (χ1v) is 10.9. The highest BCUT2D eigenvalue weighted by Crippen LogP contribution is 2.35. The Bertz CT molecular complexity index is 1350. The fourth-order valence-electron chi connectivity index (χ4n) is 4.66. The molecule has 0 aliphatic carbocycles. The molecule has 0 fully saturated rings. The fraction of sp³-hybridized carbons (Fsp3) is 0.222. The van der Waals surface area contributed by atoms with Crippen molar-refractivity contribution < 1.29 is 9.18 Å². The summed E-state index contributed by atoms with van der Waals surface area (Å²) in [6, 6.07) is 16.3. The van der Waals surface area contributed by atoms with E-state index in [4.69, 9.17) is 4.98 Å². The van der Waals surface area contributed by atoms with E-state index in [-0.39, 0.29) is 17.8 Å². The molecule has 2 aromatic carbocycles. The van der Waals surface area contributed by atoms with Gasteiger partial charge in [0.2, 0.25) is 0 Å². The van der Waals surface area contributed by atoms with Gasteiger partial charge >= 0.3 is 0 Å². The molecule has 0 N–H and O–H groups in total. The molecule has 5 heteroatoms. The number of halogens is 1. The van der Waals surface area contributed by atoms with E-state index in [9.17, 15) is 9.18 Å². The summed E-state index contributed by atoms with van der Waals surface area (Å²) in [5.74, 6) is -0.372. The summed E-state index contributed by atoms with van der Waals surface area (Å²) in [6.07, 6.45) is 3.27. The molecule has 3 heterocycles. The molecule has 32 heavy (non-hydrogen) atoms.